The Balaban J connectivity index is 1.28. The molecule has 0 aliphatic carbocycles. The van der Waals surface area contributed by atoms with Gasteiger partial charge >= 0.3 is 0 Å². The quantitative estimate of drug-likeness (QED) is 0.170. The highest BCUT2D eigenvalue weighted by atomic mass is 16.3. The molecular formula is C54H35NO. The summed E-state index contributed by atoms with van der Waals surface area (Å²) in [4.78, 5) is 0.964. The molecule has 0 spiro atoms. The molecule has 11 aromatic rings. The molecule has 262 valence electrons. The van der Waals surface area contributed by atoms with Crippen LogP contribution in [0.2, 0.25) is 0 Å². The van der Waals surface area contributed by atoms with Gasteiger partial charge in [-0.1, -0.05) is 176 Å². The lowest BCUT2D eigenvalue weighted by molar-refractivity contribution is 0.674. The van der Waals surface area contributed by atoms with Crippen LogP contribution >= 0.6 is 0 Å². The summed E-state index contributed by atoms with van der Waals surface area (Å²) >= 11 is 0. The minimum absolute atomic E-state index is 0.0409. The monoisotopic (exact) mass is 725 g/mol. The van der Waals surface area contributed by atoms with Gasteiger partial charge in [-0.25, -0.2) is 0 Å². The minimum Gasteiger partial charge on any atom is -0.455 e. The molecule has 0 aliphatic heterocycles. The van der Waals surface area contributed by atoms with E-state index in [-0.39, 0.29) is 27.8 Å². The van der Waals surface area contributed by atoms with Crippen LogP contribution < -0.4 is 4.90 Å². The Labute approximate surface area is 342 Å². The number of para-hydroxylation sites is 2. The van der Waals surface area contributed by atoms with E-state index >= 15 is 0 Å². The molecule has 2 heteroatoms. The van der Waals surface area contributed by atoms with E-state index < -0.39 is 89.6 Å². The van der Waals surface area contributed by atoms with Gasteiger partial charge in [-0.15, -0.1) is 0 Å². The molecule has 1 aromatic heterocycles. The Morgan fingerprint density at radius 3 is 1.43 bits per heavy atom. The van der Waals surface area contributed by atoms with Crippen molar-refractivity contribution in [1.29, 1.82) is 0 Å². The van der Waals surface area contributed by atoms with Crippen LogP contribution in [0.4, 0.5) is 17.1 Å². The van der Waals surface area contributed by atoms with Crippen molar-refractivity contribution >= 4 is 71.3 Å². The first-order chi connectivity index (χ1) is 32.8. The smallest absolute Gasteiger partial charge is 0.143 e. The Kier molecular flexibility index (Phi) is 5.19. The Morgan fingerprint density at radius 1 is 0.339 bits per heavy atom. The first-order valence-electron chi connectivity index (χ1n) is 24.2. The van der Waals surface area contributed by atoms with Gasteiger partial charge in [0.05, 0.1) is 22.1 Å². The first kappa shape index (κ1) is 22.1. The second-order valence-electron chi connectivity index (χ2n) is 13.5. The van der Waals surface area contributed by atoms with E-state index in [1.54, 1.807) is 48.5 Å². The van der Waals surface area contributed by atoms with E-state index in [2.05, 4.69) is 0 Å². The Bertz CT molecular complexity index is 3760. The van der Waals surface area contributed by atoms with Crippen molar-refractivity contribution in [3.63, 3.8) is 0 Å². The molecule has 0 N–H and O–H groups in total. The molecule has 0 amide bonds. The molecule has 0 bridgehead atoms. The van der Waals surface area contributed by atoms with Gasteiger partial charge in [0.25, 0.3) is 0 Å². The summed E-state index contributed by atoms with van der Waals surface area (Å²) in [5.74, 6) is 0. The van der Waals surface area contributed by atoms with Crippen LogP contribution in [0.3, 0.4) is 0 Å². The molecule has 0 atom stereocenters. The topological polar surface area (TPSA) is 16.4 Å². The van der Waals surface area contributed by atoms with Crippen molar-refractivity contribution in [2.24, 2.45) is 0 Å². The summed E-state index contributed by atoms with van der Waals surface area (Å²) in [5.41, 5.74) is -0.0863. The molecule has 0 aliphatic rings. The predicted octanol–water partition coefficient (Wildman–Crippen LogP) is 15.5. The number of benzene rings is 10. The van der Waals surface area contributed by atoms with Gasteiger partial charge in [0.15, 0.2) is 0 Å². The number of nitrogens with zero attached hydrogens (tertiary/aromatic N) is 1. The molecule has 2 nitrogen and oxygen atoms in total. The van der Waals surface area contributed by atoms with Gasteiger partial charge in [0.1, 0.15) is 11.2 Å². The molecule has 11 rings (SSSR count). The maximum Gasteiger partial charge on any atom is 0.143 e. The lowest BCUT2D eigenvalue weighted by atomic mass is 9.96. The molecule has 1 heterocycles. The van der Waals surface area contributed by atoms with Gasteiger partial charge in [-0.2, -0.15) is 0 Å². The van der Waals surface area contributed by atoms with Crippen LogP contribution in [-0.4, -0.2) is 0 Å². The van der Waals surface area contributed by atoms with Crippen molar-refractivity contribution in [2.45, 2.75) is 0 Å². The zero-order valence-electron chi connectivity index (χ0n) is 41.6. The molecule has 56 heavy (non-hydrogen) atoms. The Hall–Kier alpha value is -7.42. The third-order valence-electron chi connectivity index (χ3n) is 10.3. The maximum atomic E-state index is 9.79. The van der Waals surface area contributed by atoms with Crippen molar-refractivity contribution in [3.05, 3.63) is 212 Å². The molecule has 0 fully saturated rings. The predicted molar refractivity (Wildman–Crippen MR) is 237 cm³/mol. The normalized spacial score (nSPS) is 14.6. The highest BCUT2D eigenvalue weighted by Crippen LogP contribution is 2.46. The van der Waals surface area contributed by atoms with Crippen molar-refractivity contribution in [2.75, 3.05) is 4.90 Å². The highest BCUT2D eigenvalue weighted by molar-refractivity contribution is 6.17. The molecule has 10 aromatic carbocycles. The van der Waals surface area contributed by atoms with Crippen LogP contribution in [-0.2, 0) is 0 Å². The van der Waals surface area contributed by atoms with Gasteiger partial charge in [-0.05, 0) is 85.5 Å². The van der Waals surface area contributed by atoms with Crippen LogP contribution in [0.5, 0.6) is 0 Å². The van der Waals surface area contributed by atoms with E-state index in [4.69, 9.17) is 7.16 Å². The summed E-state index contributed by atoms with van der Waals surface area (Å²) < 4.78 is 122. The summed E-state index contributed by atoms with van der Waals surface area (Å²) in [5, 5.41) is 5.95. The van der Waals surface area contributed by atoms with Crippen LogP contribution in [0.15, 0.2) is 216 Å². The Morgan fingerprint density at radius 2 is 0.804 bits per heavy atom. The molecule has 0 saturated heterocycles. The van der Waals surface area contributed by atoms with Gasteiger partial charge in [-0.3, -0.25) is 0 Å². The molecular weight excluding hydrogens is 679 g/mol. The highest BCUT2D eigenvalue weighted by Gasteiger charge is 2.21. The fraction of sp³-hybridized carbons (Fsp3) is 0. The number of anilines is 3. The average Bonchev–Trinajstić information content (AvgIpc) is 3.75. The van der Waals surface area contributed by atoms with E-state index in [1.807, 2.05) is 91.0 Å². The van der Waals surface area contributed by atoms with Gasteiger partial charge < -0.3 is 9.32 Å². The van der Waals surface area contributed by atoms with Gasteiger partial charge in [0.2, 0.25) is 0 Å². The van der Waals surface area contributed by atoms with Crippen molar-refractivity contribution < 1.29 is 20.9 Å². The van der Waals surface area contributed by atoms with Crippen molar-refractivity contribution in [1.82, 2.24) is 0 Å². The number of hydrogen-bond acceptors (Lipinski definition) is 2. The second kappa shape index (κ2) is 13.2. The van der Waals surface area contributed by atoms with Crippen LogP contribution in [0, 0.1) is 0 Å². The van der Waals surface area contributed by atoms with E-state index in [0.717, 1.165) is 31.8 Å². The number of hydrogen-bond donors (Lipinski definition) is 0. The van der Waals surface area contributed by atoms with E-state index in [0.29, 0.717) is 32.9 Å². The van der Waals surface area contributed by atoms with Crippen molar-refractivity contribution in [3.8, 4) is 33.4 Å². The summed E-state index contributed by atoms with van der Waals surface area (Å²) in [6.45, 7) is 0. The average molecular weight is 726 g/mol. The lowest BCUT2D eigenvalue weighted by Crippen LogP contribution is -2.11. The summed E-state index contributed by atoms with van der Waals surface area (Å²) in [6, 6.07) is 34.7. The summed E-state index contributed by atoms with van der Waals surface area (Å²) in [6.07, 6.45) is 0. The number of fused-ring (bicyclic) bond motifs is 7. The van der Waals surface area contributed by atoms with E-state index in [1.165, 1.54) is 0 Å². The standard InChI is InChI=1S/C54H35NO/c1-4-17-43-36(12-1)15-9-21-45(43)39-26-31-41(32-27-39)55(42-33-28-40(29-34-42)46-22-10-16-37-13-2-5-18-44(37)46)52-25-8-7-20-48(52)49-23-11-24-50-51-35-30-38-14-3-6-19-47(38)53(51)56-54(49)50/h1-35H/i7D,8D,20D,25D,26D,27D,28D,29D,31D,32D,33D,34D. The molecule has 0 unspecified atom stereocenters. The lowest BCUT2D eigenvalue weighted by Gasteiger charge is -2.28. The fourth-order valence-corrected chi connectivity index (χ4v) is 7.72. The zero-order chi connectivity index (χ0) is 47.4. The molecule has 0 saturated carbocycles. The molecule has 0 radical (unpaired) electrons. The first-order valence-corrected chi connectivity index (χ1v) is 18.2. The number of rotatable bonds is 6. The fourth-order valence-electron chi connectivity index (χ4n) is 7.72. The summed E-state index contributed by atoms with van der Waals surface area (Å²) in [7, 11) is 0. The van der Waals surface area contributed by atoms with Crippen LogP contribution in [0.25, 0.3) is 87.6 Å². The van der Waals surface area contributed by atoms with Gasteiger partial charge in [0, 0.05) is 38.7 Å². The minimum atomic E-state index is -0.730. The van der Waals surface area contributed by atoms with Crippen LogP contribution in [0.1, 0.15) is 16.4 Å². The van der Waals surface area contributed by atoms with E-state index in [9.17, 15) is 13.7 Å². The largest absolute Gasteiger partial charge is 0.455 e. The maximum absolute atomic E-state index is 9.79. The third-order valence-corrected chi connectivity index (χ3v) is 10.3. The zero-order valence-corrected chi connectivity index (χ0v) is 29.6. The second-order valence-corrected chi connectivity index (χ2v) is 13.5. The number of furan rings is 1. The third kappa shape index (κ3) is 5.26. The SMILES string of the molecule is [2H]c1c([2H])c([2H])c(N(c2c([2H])c([2H])c(-c3cccc4ccccc34)c([2H])c2[2H])c2c([2H])c([2H])c(-c3cccc4ccccc34)c([2H])c2[2H])c(-c2cccc3c2oc2c4ccccc4ccc32)c1[2H].